The van der Waals surface area contributed by atoms with Crippen LogP contribution < -0.4 is 0 Å². The Morgan fingerprint density at radius 1 is 0.258 bits per heavy atom. The summed E-state index contributed by atoms with van der Waals surface area (Å²) in [5.74, 6) is 0.688. The lowest BCUT2D eigenvalue weighted by atomic mass is 9.88. The van der Waals surface area contributed by atoms with E-state index >= 15 is 0 Å². The summed E-state index contributed by atoms with van der Waals surface area (Å²) in [6.07, 6.45) is 3.71. The molecule has 9 aromatic carbocycles. The van der Waals surface area contributed by atoms with Crippen LogP contribution in [0.5, 0.6) is 0 Å². The summed E-state index contributed by atoms with van der Waals surface area (Å²) in [7, 11) is 0. The molecule has 0 amide bonds. The number of pyridine rings is 1. The summed E-state index contributed by atoms with van der Waals surface area (Å²) in [5.41, 5.74) is 22.0. The lowest BCUT2D eigenvalue weighted by Crippen LogP contribution is -1.97. The Labute approximate surface area is 359 Å². The van der Waals surface area contributed by atoms with Gasteiger partial charge in [0.25, 0.3) is 0 Å². The van der Waals surface area contributed by atoms with Crippen LogP contribution in [0.15, 0.2) is 213 Å². The zero-order valence-corrected chi connectivity index (χ0v) is 33.5. The van der Waals surface area contributed by atoms with Gasteiger partial charge >= 0.3 is 0 Å². The molecule has 13 rings (SSSR count). The molecule has 2 aliphatic carbocycles. The summed E-state index contributed by atoms with van der Waals surface area (Å²) in [6.45, 7) is 0. The molecule has 0 atom stereocenters. The van der Waals surface area contributed by atoms with E-state index in [0.717, 1.165) is 50.3 Å². The Morgan fingerprint density at radius 2 is 0.710 bits per heavy atom. The first-order valence-corrected chi connectivity index (χ1v) is 21.2. The Balaban J connectivity index is 1.05. The molecule has 3 nitrogen and oxygen atoms in total. The fourth-order valence-electron chi connectivity index (χ4n) is 10.0. The van der Waals surface area contributed by atoms with Crippen LogP contribution in [0, 0.1) is 0 Å². The standard InChI is InChI=1S/C59H35N3/c1-2-11-38(12-3-1)59-61-55(37-24-22-36(23-25-37)39-13-10-30-60-35-39)34-56(62-59)42-32-40(43-26-28-53-47-16-6-4-14-45(47)51-20-8-18-49(43)57(51)53)31-41(33-42)44-27-29-54-48-17-7-5-15-46(48)52-21-9-19-50(44)58(52)54/h1-35H. The minimum absolute atomic E-state index is 0.688. The third-order valence-corrected chi connectivity index (χ3v) is 12.9. The van der Waals surface area contributed by atoms with Gasteiger partial charge in [-0.1, -0.05) is 170 Å². The second-order valence-electron chi connectivity index (χ2n) is 16.3. The summed E-state index contributed by atoms with van der Waals surface area (Å²) in [6, 6.07) is 72.6. The van der Waals surface area contributed by atoms with Gasteiger partial charge in [-0.25, -0.2) is 9.97 Å². The highest BCUT2D eigenvalue weighted by Gasteiger charge is 2.25. The molecule has 0 radical (unpaired) electrons. The molecule has 11 aromatic rings. The first-order valence-electron chi connectivity index (χ1n) is 21.2. The molecule has 0 saturated heterocycles. The lowest BCUT2D eigenvalue weighted by Gasteiger charge is -2.16. The van der Waals surface area contributed by atoms with Gasteiger partial charge in [-0.05, 0) is 130 Å². The fourth-order valence-corrected chi connectivity index (χ4v) is 10.0. The van der Waals surface area contributed by atoms with Crippen molar-refractivity contribution in [1.29, 1.82) is 0 Å². The van der Waals surface area contributed by atoms with Gasteiger partial charge in [0.1, 0.15) is 0 Å². The van der Waals surface area contributed by atoms with Crippen LogP contribution in [0.3, 0.4) is 0 Å². The van der Waals surface area contributed by atoms with Crippen molar-refractivity contribution in [2.75, 3.05) is 0 Å². The maximum Gasteiger partial charge on any atom is 0.160 e. The van der Waals surface area contributed by atoms with Crippen LogP contribution in [0.1, 0.15) is 0 Å². The predicted molar refractivity (Wildman–Crippen MR) is 256 cm³/mol. The minimum atomic E-state index is 0.688. The molecule has 2 aromatic heterocycles. The minimum Gasteiger partial charge on any atom is -0.264 e. The third-order valence-electron chi connectivity index (χ3n) is 12.9. The molecule has 0 unspecified atom stereocenters. The average Bonchev–Trinajstić information content (AvgIpc) is 3.86. The van der Waals surface area contributed by atoms with Crippen molar-refractivity contribution in [2.24, 2.45) is 0 Å². The largest absolute Gasteiger partial charge is 0.264 e. The molecule has 0 fully saturated rings. The van der Waals surface area contributed by atoms with Gasteiger partial charge in [-0.2, -0.15) is 0 Å². The Kier molecular flexibility index (Phi) is 7.60. The molecular weight excluding hydrogens is 751 g/mol. The number of nitrogens with zero attached hydrogens (tertiary/aromatic N) is 3. The number of hydrogen-bond donors (Lipinski definition) is 0. The molecule has 0 N–H and O–H groups in total. The Hall–Kier alpha value is -8.27. The molecule has 2 heterocycles. The Morgan fingerprint density at radius 3 is 1.26 bits per heavy atom. The van der Waals surface area contributed by atoms with Gasteiger partial charge in [-0.3, -0.25) is 4.98 Å². The van der Waals surface area contributed by atoms with Crippen molar-refractivity contribution in [3.05, 3.63) is 213 Å². The van der Waals surface area contributed by atoms with E-state index in [1.54, 1.807) is 6.20 Å². The Bertz CT molecular complexity index is 3400. The highest BCUT2D eigenvalue weighted by atomic mass is 14.9. The van der Waals surface area contributed by atoms with Crippen LogP contribution in [-0.2, 0) is 0 Å². The molecule has 286 valence electrons. The maximum atomic E-state index is 5.37. The van der Waals surface area contributed by atoms with E-state index in [4.69, 9.17) is 9.97 Å². The summed E-state index contributed by atoms with van der Waals surface area (Å²) >= 11 is 0. The van der Waals surface area contributed by atoms with Crippen LogP contribution in [0.25, 0.3) is 133 Å². The quantitative estimate of drug-likeness (QED) is 0.169. The van der Waals surface area contributed by atoms with E-state index in [-0.39, 0.29) is 0 Å². The van der Waals surface area contributed by atoms with Crippen molar-refractivity contribution in [3.8, 4) is 112 Å². The second kappa shape index (κ2) is 13.6. The number of aromatic nitrogens is 3. The summed E-state index contributed by atoms with van der Waals surface area (Å²) in [5, 5.41) is 5.12. The zero-order valence-electron chi connectivity index (χ0n) is 33.5. The maximum absolute atomic E-state index is 5.37. The van der Waals surface area contributed by atoms with Crippen LogP contribution in [0.2, 0.25) is 0 Å². The molecule has 0 spiro atoms. The number of hydrogen-bond acceptors (Lipinski definition) is 3. The number of benzene rings is 9. The monoisotopic (exact) mass is 785 g/mol. The smallest absolute Gasteiger partial charge is 0.160 e. The van der Waals surface area contributed by atoms with E-state index in [9.17, 15) is 0 Å². The fraction of sp³-hybridized carbons (Fsp3) is 0. The van der Waals surface area contributed by atoms with Crippen molar-refractivity contribution in [1.82, 2.24) is 15.0 Å². The third kappa shape index (κ3) is 5.35. The van der Waals surface area contributed by atoms with Crippen LogP contribution in [0.4, 0.5) is 0 Å². The van der Waals surface area contributed by atoms with E-state index in [1.165, 1.54) is 77.2 Å². The molecule has 0 saturated carbocycles. The van der Waals surface area contributed by atoms with Gasteiger partial charge in [-0.15, -0.1) is 0 Å². The first kappa shape index (κ1) is 34.6. The number of fused-ring (bicyclic) bond motifs is 6. The van der Waals surface area contributed by atoms with E-state index < -0.39 is 0 Å². The first-order chi connectivity index (χ1) is 30.7. The molecule has 0 bridgehead atoms. The van der Waals surface area contributed by atoms with Gasteiger partial charge in [0, 0.05) is 29.1 Å². The molecule has 62 heavy (non-hydrogen) atoms. The normalized spacial score (nSPS) is 11.9. The lowest BCUT2D eigenvalue weighted by molar-refractivity contribution is 1.18. The topological polar surface area (TPSA) is 38.7 Å². The molecular formula is C59H35N3. The van der Waals surface area contributed by atoms with Crippen molar-refractivity contribution >= 4 is 21.5 Å². The summed E-state index contributed by atoms with van der Waals surface area (Å²) in [4.78, 5) is 14.9. The zero-order chi connectivity index (χ0) is 40.7. The van der Waals surface area contributed by atoms with E-state index in [0.29, 0.717) is 5.82 Å². The molecule has 0 aliphatic heterocycles. The van der Waals surface area contributed by atoms with Crippen molar-refractivity contribution in [2.45, 2.75) is 0 Å². The summed E-state index contributed by atoms with van der Waals surface area (Å²) < 4.78 is 0. The highest BCUT2D eigenvalue weighted by Crippen LogP contribution is 2.52. The van der Waals surface area contributed by atoms with Gasteiger partial charge in [0.15, 0.2) is 5.82 Å². The molecule has 3 heteroatoms. The van der Waals surface area contributed by atoms with Gasteiger partial charge in [0.2, 0.25) is 0 Å². The average molecular weight is 786 g/mol. The molecule has 2 aliphatic rings. The second-order valence-corrected chi connectivity index (χ2v) is 16.3. The van der Waals surface area contributed by atoms with Crippen molar-refractivity contribution < 1.29 is 0 Å². The number of rotatable bonds is 6. The van der Waals surface area contributed by atoms with Crippen LogP contribution in [-0.4, -0.2) is 15.0 Å². The van der Waals surface area contributed by atoms with Crippen molar-refractivity contribution in [3.63, 3.8) is 0 Å². The van der Waals surface area contributed by atoms with Gasteiger partial charge in [0.05, 0.1) is 11.4 Å². The van der Waals surface area contributed by atoms with Gasteiger partial charge < -0.3 is 0 Å². The van der Waals surface area contributed by atoms with Crippen LogP contribution >= 0.6 is 0 Å². The van der Waals surface area contributed by atoms with E-state index in [2.05, 4.69) is 181 Å². The van der Waals surface area contributed by atoms with E-state index in [1.807, 2.05) is 30.5 Å². The SMILES string of the molecule is c1ccc(-c2nc(-c3ccc(-c4cccnc4)cc3)cc(-c3cc(-c4ccc5c6c(cccc46)-c4ccccc4-5)cc(-c4ccc5c6c(cccc46)-c4ccccc4-5)c3)n2)cc1. The highest BCUT2D eigenvalue weighted by molar-refractivity contribution is 6.20. The predicted octanol–water partition coefficient (Wildman–Crippen LogP) is 15.5.